The summed E-state index contributed by atoms with van der Waals surface area (Å²) in [5, 5.41) is 27.2. The van der Waals surface area contributed by atoms with Gasteiger partial charge in [0.15, 0.2) is 5.60 Å². The summed E-state index contributed by atoms with van der Waals surface area (Å²) in [4.78, 5) is 41.5. The zero-order valence-corrected chi connectivity index (χ0v) is 21.8. The highest BCUT2D eigenvalue weighted by atomic mass is 19.3. The van der Waals surface area contributed by atoms with Crippen molar-refractivity contribution in [2.75, 3.05) is 6.54 Å². The second-order valence-corrected chi connectivity index (χ2v) is 11.3. The molecule has 1 saturated carbocycles. The molecule has 208 valence electrons. The molecule has 0 aromatic heterocycles. The fourth-order valence-electron chi connectivity index (χ4n) is 7.17. The van der Waals surface area contributed by atoms with Gasteiger partial charge < -0.3 is 20.6 Å². The van der Waals surface area contributed by atoms with Crippen LogP contribution in [0.15, 0.2) is 48.5 Å². The van der Waals surface area contributed by atoms with E-state index in [2.05, 4.69) is 10.6 Å². The Morgan fingerprint density at radius 1 is 1.10 bits per heavy atom. The van der Waals surface area contributed by atoms with E-state index in [-0.39, 0.29) is 25.2 Å². The molecule has 3 amide bonds. The van der Waals surface area contributed by atoms with Crippen LogP contribution >= 0.6 is 0 Å². The molecule has 2 aromatic carbocycles. The summed E-state index contributed by atoms with van der Waals surface area (Å²) in [6, 6.07) is 12.2. The van der Waals surface area contributed by atoms with E-state index in [4.69, 9.17) is 0 Å². The molecule has 0 radical (unpaired) electrons. The smallest absolute Gasteiger partial charge is 0.264 e. The maximum Gasteiger partial charge on any atom is 0.264 e. The summed E-state index contributed by atoms with van der Waals surface area (Å²) in [5.74, 6) is -7.03. The van der Waals surface area contributed by atoms with Crippen molar-refractivity contribution in [2.45, 2.75) is 68.2 Å². The first-order valence-corrected chi connectivity index (χ1v) is 13.8. The monoisotopic (exact) mass is 548 g/mol. The van der Waals surface area contributed by atoms with Crippen LogP contribution in [0.3, 0.4) is 0 Å². The van der Waals surface area contributed by atoms with Crippen molar-refractivity contribution < 1.29 is 28.3 Å². The average Bonchev–Trinajstić information content (AvgIpc) is 3.22. The number of benzene rings is 2. The van der Waals surface area contributed by atoms with Gasteiger partial charge in [-0.05, 0) is 43.2 Å². The number of nitriles is 1. The minimum absolute atomic E-state index is 0.0351. The summed E-state index contributed by atoms with van der Waals surface area (Å²) < 4.78 is 30.5. The topological polar surface area (TPSA) is 123 Å². The Bertz CT molecular complexity index is 1380. The van der Waals surface area contributed by atoms with Crippen LogP contribution in [0.4, 0.5) is 8.78 Å². The molecule has 40 heavy (non-hydrogen) atoms. The van der Waals surface area contributed by atoms with Gasteiger partial charge in [0, 0.05) is 36.1 Å². The van der Waals surface area contributed by atoms with Crippen LogP contribution in [0.25, 0.3) is 11.1 Å². The molecule has 4 fully saturated rings. The predicted octanol–water partition coefficient (Wildman–Crippen LogP) is 2.84. The summed E-state index contributed by atoms with van der Waals surface area (Å²) in [6.07, 6.45) is 1.06. The van der Waals surface area contributed by atoms with Gasteiger partial charge >= 0.3 is 0 Å². The molecular weight excluding hydrogens is 518 g/mol. The molecular formula is C30H30F2N4O4. The fraction of sp³-hybridized carbons (Fsp3) is 0.467. The Labute approximate surface area is 230 Å². The predicted molar refractivity (Wildman–Crippen MR) is 139 cm³/mol. The summed E-state index contributed by atoms with van der Waals surface area (Å²) >= 11 is 0. The van der Waals surface area contributed by atoms with Crippen LogP contribution in [0, 0.1) is 23.2 Å². The number of aliphatic hydroxyl groups is 1. The van der Waals surface area contributed by atoms with Crippen molar-refractivity contribution in [3.8, 4) is 17.2 Å². The molecule has 3 N–H and O–H groups in total. The second kappa shape index (κ2) is 9.66. The van der Waals surface area contributed by atoms with Crippen molar-refractivity contribution in [2.24, 2.45) is 11.8 Å². The number of nitrogens with one attached hydrogen (secondary N) is 2. The van der Waals surface area contributed by atoms with Gasteiger partial charge in [0.05, 0.1) is 12.0 Å². The standard InChI is InChI=1S/C30H30F2N4O4/c31-29(32)15-19-11-12-24(29)25(27(38)35-18(16-33)14-17-6-5-13-34-26(17)37)36(19)28(39)30(40)22-9-3-1-7-20(22)21-8-2-4-10-23(21)30/h1-4,7-10,17-19,24-25,40H,5-6,11-15H2,(H,34,37)(H,35,38)/t17-,18-,19+,24+,25+/m0/s1. The lowest BCUT2D eigenvalue weighted by Crippen LogP contribution is -2.70. The number of halogens is 2. The number of carbonyl (C=O) groups excluding carboxylic acids is 3. The zero-order valence-electron chi connectivity index (χ0n) is 21.8. The highest BCUT2D eigenvalue weighted by Gasteiger charge is 2.63. The van der Waals surface area contributed by atoms with Crippen LogP contribution in [-0.2, 0) is 20.0 Å². The van der Waals surface area contributed by atoms with Crippen molar-refractivity contribution >= 4 is 17.7 Å². The van der Waals surface area contributed by atoms with E-state index in [0.29, 0.717) is 35.2 Å². The Balaban J connectivity index is 1.35. The van der Waals surface area contributed by atoms with Gasteiger partial charge in [-0.3, -0.25) is 14.4 Å². The summed E-state index contributed by atoms with van der Waals surface area (Å²) in [7, 11) is 0. The van der Waals surface area contributed by atoms with E-state index >= 15 is 8.78 Å². The van der Waals surface area contributed by atoms with Crippen molar-refractivity contribution in [3.05, 3.63) is 59.7 Å². The van der Waals surface area contributed by atoms with Crippen LogP contribution in [0.1, 0.15) is 49.7 Å². The fourth-order valence-corrected chi connectivity index (χ4v) is 7.17. The molecule has 3 saturated heterocycles. The second-order valence-electron chi connectivity index (χ2n) is 11.3. The van der Waals surface area contributed by atoms with Gasteiger partial charge in [0.2, 0.25) is 11.8 Å². The van der Waals surface area contributed by atoms with E-state index in [9.17, 15) is 24.8 Å². The molecule has 2 aromatic rings. The normalized spacial score (nSPS) is 28.1. The Morgan fingerprint density at radius 3 is 2.35 bits per heavy atom. The first-order chi connectivity index (χ1) is 19.2. The van der Waals surface area contributed by atoms with Crippen molar-refractivity contribution in [1.29, 1.82) is 5.26 Å². The molecule has 5 atom stereocenters. The number of fused-ring (bicyclic) bond motifs is 6. The quantitative estimate of drug-likeness (QED) is 0.531. The number of hydrogen-bond acceptors (Lipinski definition) is 5. The van der Waals surface area contributed by atoms with Gasteiger partial charge in [-0.15, -0.1) is 0 Å². The Morgan fingerprint density at radius 2 is 1.75 bits per heavy atom. The first-order valence-electron chi connectivity index (χ1n) is 13.8. The Hall–Kier alpha value is -3.84. The van der Waals surface area contributed by atoms with Gasteiger partial charge in [-0.1, -0.05) is 48.5 Å². The van der Waals surface area contributed by atoms with Gasteiger partial charge in [0.1, 0.15) is 12.1 Å². The third-order valence-electron chi connectivity index (χ3n) is 9.06. The summed E-state index contributed by atoms with van der Waals surface area (Å²) in [6.45, 7) is 0.547. The molecule has 0 spiro atoms. The zero-order chi connectivity index (χ0) is 28.2. The van der Waals surface area contributed by atoms with Gasteiger partial charge in [-0.25, -0.2) is 8.78 Å². The Kier molecular flexibility index (Phi) is 6.37. The van der Waals surface area contributed by atoms with E-state index in [1.807, 2.05) is 6.07 Å². The highest BCUT2D eigenvalue weighted by molar-refractivity contribution is 6.01. The molecule has 3 aliphatic heterocycles. The van der Waals surface area contributed by atoms with Crippen LogP contribution < -0.4 is 10.6 Å². The lowest BCUT2D eigenvalue weighted by molar-refractivity contribution is -0.201. The molecule has 3 heterocycles. The van der Waals surface area contributed by atoms with Gasteiger partial charge in [-0.2, -0.15) is 5.26 Å². The molecule has 7 rings (SSSR count). The van der Waals surface area contributed by atoms with E-state index in [1.54, 1.807) is 48.5 Å². The van der Waals surface area contributed by atoms with E-state index in [1.165, 1.54) is 0 Å². The number of piperidine rings is 3. The van der Waals surface area contributed by atoms with Crippen LogP contribution in [-0.4, -0.2) is 58.3 Å². The average molecular weight is 549 g/mol. The molecule has 0 unspecified atom stereocenters. The number of nitrogens with zero attached hydrogens (tertiary/aromatic N) is 2. The molecule has 8 nitrogen and oxygen atoms in total. The molecule has 10 heteroatoms. The molecule has 2 aliphatic carbocycles. The maximum atomic E-state index is 15.2. The summed E-state index contributed by atoms with van der Waals surface area (Å²) in [5.41, 5.74) is -0.151. The lowest BCUT2D eigenvalue weighted by atomic mass is 9.70. The van der Waals surface area contributed by atoms with Crippen LogP contribution in [0.5, 0.6) is 0 Å². The number of alkyl halides is 2. The molecule has 5 aliphatic rings. The van der Waals surface area contributed by atoms with Crippen molar-refractivity contribution in [3.63, 3.8) is 0 Å². The number of hydrogen-bond donors (Lipinski definition) is 3. The van der Waals surface area contributed by atoms with E-state index < -0.39 is 59.7 Å². The number of amides is 3. The van der Waals surface area contributed by atoms with Crippen molar-refractivity contribution in [1.82, 2.24) is 15.5 Å². The largest absolute Gasteiger partial charge is 0.372 e. The molecule has 2 bridgehead atoms. The number of carbonyl (C=O) groups is 3. The third kappa shape index (κ3) is 3.98. The third-order valence-corrected chi connectivity index (χ3v) is 9.06. The van der Waals surface area contributed by atoms with E-state index in [0.717, 1.165) is 11.3 Å². The van der Waals surface area contributed by atoms with Crippen LogP contribution in [0.2, 0.25) is 0 Å². The highest BCUT2D eigenvalue weighted by Crippen LogP contribution is 2.53. The SMILES string of the molecule is N#C[C@H](C[C@@H]1CCCNC1=O)NC(=O)[C@H]1[C@H]2CC[C@H](CC2(F)F)N1C(=O)C1(O)c2ccccc2-c2ccccc21. The maximum absolute atomic E-state index is 15.2. The first kappa shape index (κ1) is 26.4. The number of rotatable bonds is 5. The minimum atomic E-state index is -3.19. The van der Waals surface area contributed by atoms with Gasteiger partial charge in [0.25, 0.3) is 11.8 Å². The lowest BCUT2D eigenvalue weighted by Gasteiger charge is -2.54. The minimum Gasteiger partial charge on any atom is -0.372 e.